The van der Waals surface area contributed by atoms with E-state index in [4.69, 9.17) is 0 Å². The number of fused-ring (bicyclic) bond motifs is 2. The molecule has 0 spiro atoms. The first-order valence-corrected chi connectivity index (χ1v) is 6.58. The fourth-order valence-corrected chi connectivity index (χ4v) is 2.87. The quantitative estimate of drug-likeness (QED) is 0.412. The number of nitro groups is 4. The van der Waals surface area contributed by atoms with E-state index in [0.29, 0.717) is 6.08 Å². The van der Waals surface area contributed by atoms with E-state index in [-0.39, 0.29) is 27.3 Å². The molecule has 0 N–H and O–H groups in total. The molecule has 0 bridgehead atoms. The van der Waals surface area contributed by atoms with Crippen molar-refractivity contribution in [2.75, 3.05) is 0 Å². The van der Waals surface area contributed by atoms with Crippen LogP contribution in [-0.2, 0) is 0 Å². The number of hydrogen-bond acceptors (Lipinski definition) is 8. The minimum atomic E-state index is -3.05. The van der Waals surface area contributed by atoms with Crippen molar-refractivity contribution in [2.24, 2.45) is 0 Å². The number of non-ortho nitro benzene ring substituents is 1. The highest BCUT2D eigenvalue weighted by Gasteiger charge is 2.63. The zero-order valence-corrected chi connectivity index (χ0v) is 12.0. The van der Waals surface area contributed by atoms with E-state index >= 15 is 0 Å². The molecule has 0 aliphatic heterocycles. The lowest BCUT2D eigenvalue weighted by atomic mass is 9.88. The van der Waals surface area contributed by atoms with Gasteiger partial charge in [0.1, 0.15) is 15.4 Å². The summed E-state index contributed by atoms with van der Waals surface area (Å²) in [6.45, 7) is 0. The third kappa shape index (κ3) is 2.08. The molecule has 0 aromatic heterocycles. The van der Waals surface area contributed by atoms with Gasteiger partial charge >= 0.3 is 5.66 Å². The van der Waals surface area contributed by atoms with Gasteiger partial charge in [0, 0.05) is 29.0 Å². The van der Waals surface area contributed by atoms with Crippen LogP contribution in [0.2, 0.25) is 0 Å². The van der Waals surface area contributed by atoms with Gasteiger partial charge in [-0.3, -0.25) is 40.5 Å². The molecule has 0 unspecified atom stereocenters. The third-order valence-electron chi connectivity index (χ3n) is 3.90. The topological polar surface area (TPSA) is 173 Å². The van der Waals surface area contributed by atoms with Crippen molar-refractivity contribution in [2.45, 2.75) is 5.66 Å². The SMILES string of the molecule is O=[N+]([O-])C1=CC([N+](=O)[O-])([N+](=O)[O-])C2=c3ccc([N+](=O)[O-])cc3=CC2=C1. The Balaban J connectivity index is 2.46. The van der Waals surface area contributed by atoms with E-state index in [1.165, 1.54) is 6.08 Å². The predicted molar refractivity (Wildman–Crippen MR) is 80.1 cm³/mol. The molecule has 12 nitrogen and oxygen atoms in total. The first kappa shape index (κ1) is 15.9. The Bertz CT molecular complexity index is 1050. The molecule has 25 heavy (non-hydrogen) atoms. The number of nitro benzene ring substituents is 1. The Morgan fingerprint density at radius 3 is 2.00 bits per heavy atom. The van der Waals surface area contributed by atoms with Crippen molar-refractivity contribution in [1.82, 2.24) is 0 Å². The Hall–Kier alpha value is -3.96. The molecular weight excluding hydrogens is 340 g/mol. The maximum Gasteiger partial charge on any atom is 0.511 e. The van der Waals surface area contributed by atoms with Crippen molar-refractivity contribution in [3.8, 4) is 0 Å². The zero-order valence-electron chi connectivity index (χ0n) is 12.0. The van der Waals surface area contributed by atoms with Gasteiger partial charge in [0.25, 0.3) is 11.4 Å². The van der Waals surface area contributed by atoms with Crippen LogP contribution in [0.4, 0.5) is 5.69 Å². The second-order valence-corrected chi connectivity index (χ2v) is 5.21. The molecule has 0 fully saturated rings. The van der Waals surface area contributed by atoms with Gasteiger partial charge in [-0.05, 0) is 17.4 Å². The summed E-state index contributed by atoms with van der Waals surface area (Å²) in [7, 11) is 0. The molecule has 1 aromatic rings. The number of benzene rings is 1. The Kier molecular flexibility index (Phi) is 3.20. The highest BCUT2D eigenvalue weighted by molar-refractivity contribution is 5.88. The number of hydrogen-bond donors (Lipinski definition) is 0. The summed E-state index contributed by atoms with van der Waals surface area (Å²) in [4.78, 5) is 40.9. The average Bonchev–Trinajstić information content (AvgIpc) is 2.90. The summed E-state index contributed by atoms with van der Waals surface area (Å²) >= 11 is 0. The molecule has 1 aromatic carbocycles. The second kappa shape index (κ2) is 5.02. The summed E-state index contributed by atoms with van der Waals surface area (Å²) in [5, 5.41) is 45.1. The van der Waals surface area contributed by atoms with Gasteiger partial charge in [-0.15, -0.1) is 0 Å². The molecule has 0 saturated heterocycles. The van der Waals surface area contributed by atoms with Gasteiger partial charge in [-0.2, -0.15) is 0 Å². The molecule has 12 heteroatoms. The van der Waals surface area contributed by atoms with Gasteiger partial charge < -0.3 is 0 Å². The first-order chi connectivity index (χ1) is 11.7. The largest absolute Gasteiger partial charge is 0.511 e. The lowest BCUT2D eigenvalue weighted by Crippen LogP contribution is -2.49. The fraction of sp³-hybridized carbons (Fsp3) is 0.0769. The van der Waals surface area contributed by atoms with E-state index in [1.807, 2.05) is 0 Å². The summed E-state index contributed by atoms with van der Waals surface area (Å²) < 4.78 is 0. The van der Waals surface area contributed by atoms with E-state index in [9.17, 15) is 40.5 Å². The summed E-state index contributed by atoms with van der Waals surface area (Å²) in [5.41, 5.74) is -4.63. The van der Waals surface area contributed by atoms with Crippen LogP contribution in [0.1, 0.15) is 0 Å². The predicted octanol–water partition coefficient (Wildman–Crippen LogP) is -0.110. The van der Waals surface area contributed by atoms with E-state index in [0.717, 1.165) is 24.3 Å². The standard InChI is InChI=1S/C13H6N4O8/c18-14(19)9-1-2-11-7(4-9)3-8-5-10(15(20)21)6-13(12(8)11,16(22)23)17(24)25/h1-6H. The van der Waals surface area contributed by atoms with E-state index < -0.39 is 31.1 Å². The molecule has 0 saturated carbocycles. The van der Waals surface area contributed by atoms with Crippen LogP contribution in [0.5, 0.6) is 0 Å². The van der Waals surface area contributed by atoms with Crippen LogP contribution in [0.25, 0.3) is 11.6 Å². The van der Waals surface area contributed by atoms with Crippen LogP contribution in [0, 0.1) is 40.5 Å². The van der Waals surface area contributed by atoms with Crippen LogP contribution >= 0.6 is 0 Å². The highest BCUT2D eigenvalue weighted by Crippen LogP contribution is 2.37. The normalized spacial score (nSPS) is 16.7. The second-order valence-electron chi connectivity index (χ2n) is 5.21. The first-order valence-electron chi connectivity index (χ1n) is 6.58. The molecule has 2 aliphatic carbocycles. The van der Waals surface area contributed by atoms with Crippen molar-refractivity contribution in [1.29, 1.82) is 0 Å². The minimum Gasteiger partial charge on any atom is -0.258 e. The zero-order chi connectivity index (χ0) is 18.5. The van der Waals surface area contributed by atoms with E-state index in [1.54, 1.807) is 0 Å². The number of rotatable bonds is 4. The lowest BCUT2D eigenvalue weighted by molar-refractivity contribution is -0.761. The molecule has 3 rings (SSSR count). The van der Waals surface area contributed by atoms with Crippen molar-refractivity contribution in [3.63, 3.8) is 0 Å². The molecule has 0 heterocycles. The Morgan fingerprint density at radius 1 is 0.840 bits per heavy atom. The van der Waals surface area contributed by atoms with Gasteiger partial charge in [-0.1, -0.05) is 0 Å². The summed E-state index contributed by atoms with van der Waals surface area (Å²) in [5.74, 6) is 0. The van der Waals surface area contributed by atoms with Crippen molar-refractivity contribution in [3.05, 3.63) is 92.5 Å². The van der Waals surface area contributed by atoms with Crippen LogP contribution in [0.15, 0.2) is 41.6 Å². The minimum absolute atomic E-state index is 0.0453. The maximum atomic E-state index is 11.5. The highest BCUT2D eigenvalue weighted by atomic mass is 16.7. The molecule has 2 aliphatic rings. The van der Waals surface area contributed by atoms with E-state index in [2.05, 4.69) is 0 Å². The molecule has 0 amide bonds. The van der Waals surface area contributed by atoms with Crippen molar-refractivity contribution >= 4 is 17.3 Å². The smallest absolute Gasteiger partial charge is 0.258 e. The average molecular weight is 346 g/mol. The molecule has 0 radical (unpaired) electrons. The molecule has 0 atom stereocenters. The third-order valence-corrected chi connectivity index (χ3v) is 3.90. The van der Waals surface area contributed by atoms with Gasteiger partial charge in [0.15, 0.2) is 6.08 Å². The van der Waals surface area contributed by atoms with Gasteiger partial charge in [0.2, 0.25) is 0 Å². The monoisotopic (exact) mass is 346 g/mol. The van der Waals surface area contributed by atoms with Crippen LogP contribution in [0.3, 0.4) is 0 Å². The van der Waals surface area contributed by atoms with Crippen LogP contribution < -0.4 is 10.4 Å². The van der Waals surface area contributed by atoms with Crippen molar-refractivity contribution < 1.29 is 19.7 Å². The number of nitrogens with zero attached hydrogens (tertiary/aromatic N) is 4. The van der Waals surface area contributed by atoms with Crippen LogP contribution in [-0.4, -0.2) is 25.4 Å². The summed E-state index contributed by atoms with van der Waals surface area (Å²) in [6.07, 6.45) is 2.55. The molecular formula is C13H6N4O8. The van der Waals surface area contributed by atoms with Gasteiger partial charge in [-0.25, -0.2) is 0 Å². The summed E-state index contributed by atoms with van der Waals surface area (Å²) in [6, 6.07) is 3.31. The molecule has 126 valence electrons. The Morgan fingerprint density at radius 2 is 1.48 bits per heavy atom. The maximum absolute atomic E-state index is 11.5. The van der Waals surface area contributed by atoms with Gasteiger partial charge in [0.05, 0.1) is 9.85 Å². The number of allylic oxidation sites excluding steroid dienone is 1. The fourth-order valence-electron chi connectivity index (χ4n) is 2.87. The Labute approximate surface area is 136 Å². The lowest BCUT2D eigenvalue weighted by Gasteiger charge is -2.18.